The van der Waals surface area contributed by atoms with Gasteiger partial charge in [0.2, 0.25) is 0 Å². The Bertz CT molecular complexity index is 790. The molecule has 0 N–H and O–H groups in total. The van der Waals surface area contributed by atoms with Gasteiger partial charge in [-0.3, -0.25) is 0 Å². The van der Waals surface area contributed by atoms with Crippen molar-refractivity contribution in [1.29, 1.82) is 0 Å². The van der Waals surface area contributed by atoms with E-state index in [9.17, 15) is 0 Å². The molecule has 6 unspecified atom stereocenters. The topological polar surface area (TPSA) is 73.8 Å². The van der Waals surface area contributed by atoms with E-state index in [1.54, 1.807) is 26.7 Å². The Balaban J connectivity index is 0.00000821. The minimum atomic E-state index is -0.0845. The molecule has 0 saturated carbocycles. The summed E-state index contributed by atoms with van der Waals surface area (Å²) in [4.78, 5) is 0. The van der Waals surface area contributed by atoms with Crippen molar-refractivity contribution in [2.24, 2.45) is 0 Å². The van der Waals surface area contributed by atoms with E-state index in [1.807, 2.05) is 75.3 Å². The quantitative estimate of drug-likeness (QED) is 0.131. The molecule has 8 heteroatoms. The summed E-state index contributed by atoms with van der Waals surface area (Å²) in [5.41, 5.74) is 4.23. The number of allylic oxidation sites excluding steroid dienone is 2. The number of benzene rings is 1. The molecule has 0 aromatic heterocycles. The fraction of sp³-hybridized carbons (Fsp3) is 0.706. The zero-order valence-corrected chi connectivity index (χ0v) is 28.4. The molecule has 0 amide bonds. The zero-order valence-electron chi connectivity index (χ0n) is 28.4. The summed E-state index contributed by atoms with van der Waals surface area (Å²) in [5.74, 6) is 0. The van der Waals surface area contributed by atoms with Crippen LogP contribution in [0.2, 0.25) is 0 Å². The van der Waals surface area contributed by atoms with E-state index in [4.69, 9.17) is 37.9 Å². The van der Waals surface area contributed by atoms with Crippen molar-refractivity contribution in [3.05, 3.63) is 47.9 Å². The number of hydrogen-bond donors (Lipinski definition) is 0. The Morgan fingerprint density at radius 1 is 0.548 bits per heavy atom. The highest BCUT2D eigenvalue weighted by molar-refractivity contribution is 5.70. The van der Waals surface area contributed by atoms with Crippen LogP contribution >= 0.6 is 0 Å². The van der Waals surface area contributed by atoms with E-state index in [-0.39, 0.29) is 36.6 Å². The first-order valence-electron chi connectivity index (χ1n) is 15.2. The van der Waals surface area contributed by atoms with Crippen molar-refractivity contribution >= 4 is 11.1 Å². The van der Waals surface area contributed by atoms with Gasteiger partial charge >= 0.3 is 0 Å². The Hall–Kier alpha value is -1.94. The monoisotopic (exact) mass is 596 g/mol. The predicted molar refractivity (Wildman–Crippen MR) is 172 cm³/mol. The van der Waals surface area contributed by atoms with Crippen molar-refractivity contribution in [2.45, 2.75) is 106 Å². The highest BCUT2D eigenvalue weighted by Crippen LogP contribution is 2.21. The lowest BCUT2D eigenvalue weighted by Crippen LogP contribution is -2.26. The van der Waals surface area contributed by atoms with Crippen LogP contribution in [-0.2, 0) is 37.9 Å². The molecule has 0 aliphatic heterocycles. The van der Waals surface area contributed by atoms with Gasteiger partial charge < -0.3 is 37.9 Å². The molecule has 0 aliphatic carbocycles. The maximum absolute atomic E-state index is 5.92. The molecule has 1 rings (SSSR count). The highest BCUT2D eigenvalue weighted by Gasteiger charge is 2.11. The summed E-state index contributed by atoms with van der Waals surface area (Å²) in [5, 5.41) is 0. The fourth-order valence-electron chi connectivity index (χ4n) is 3.52. The first-order valence-corrected chi connectivity index (χ1v) is 15.2. The maximum atomic E-state index is 5.92. The molecule has 244 valence electrons. The second-order valence-electron chi connectivity index (χ2n) is 10.6. The predicted octanol–water partition coefficient (Wildman–Crippen LogP) is 7.16. The molecule has 0 fully saturated rings. The van der Waals surface area contributed by atoms with E-state index in [0.717, 1.165) is 22.3 Å². The molecule has 0 saturated heterocycles. The molecule has 0 bridgehead atoms. The van der Waals surface area contributed by atoms with Gasteiger partial charge in [-0.1, -0.05) is 32.0 Å². The normalized spacial score (nSPS) is 16.5. The van der Waals surface area contributed by atoms with Gasteiger partial charge in [-0.15, -0.1) is 0 Å². The van der Waals surface area contributed by atoms with Crippen molar-refractivity contribution in [3.63, 3.8) is 0 Å². The van der Waals surface area contributed by atoms with Crippen LogP contribution in [0.25, 0.3) is 11.1 Å². The molecule has 1 aromatic carbocycles. The van der Waals surface area contributed by atoms with E-state index in [1.165, 1.54) is 0 Å². The number of hydrogen-bond acceptors (Lipinski definition) is 8. The summed E-state index contributed by atoms with van der Waals surface area (Å²) in [6.45, 7) is 23.1. The molecule has 6 atom stereocenters. The molecule has 8 nitrogen and oxygen atoms in total. The average molecular weight is 597 g/mol. The molecule has 0 aliphatic rings. The standard InChI is InChI=1S/C32H54O8.C2H6/c1-23(15-35-27(5)19-39-29(7)21-37-25(3)17-33-9)31-12-11-13-32(14-31)24(2)16-36-28(6)20-40-30(8)22-38-26(4)18-34-10;1-2/h11-16,25-30H,17-22H2,1-10H3;1-2H3/b23-15+,24-16+;. The lowest BCUT2D eigenvalue weighted by molar-refractivity contribution is -0.0671. The van der Waals surface area contributed by atoms with Gasteiger partial charge in [0, 0.05) is 14.2 Å². The van der Waals surface area contributed by atoms with E-state index in [2.05, 4.69) is 18.2 Å². The van der Waals surface area contributed by atoms with Crippen LogP contribution in [0.1, 0.15) is 80.4 Å². The van der Waals surface area contributed by atoms with Crippen LogP contribution in [0, 0.1) is 0 Å². The van der Waals surface area contributed by atoms with Crippen molar-refractivity contribution < 1.29 is 37.9 Å². The van der Waals surface area contributed by atoms with Gasteiger partial charge in [-0.25, -0.2) is 0 Å². The average Bonchev–Trinajstić information content (AvgIpc) is 2.99. The van der Waals surface area contributed by atoms with Crippen molar-refractivity contribution in [2.75, 3.05) is 53.9 Å². The first kappa shape index (κ1) is 40.1. The van der Waals surface area contributed by atoms with Gasteiger partial charge in [0.25, 0.3) is 0 Å². The Kier molecular flexibility index (Phi) is 23.4. The third-order valence-electron chi connectivity index (χ3n) is 5.99. The number of rotatable bonds is 22. The lowest BCUT2D eigenvalue weighted by atomic mass is 10.0. The highest BCUT2D eigenvalue weighted by atomic mass is 16.6. The summed E-state index contributed by atoms with van der Waals surface area (Å²) in [6.07, 6.45) is 3.47. The number of methoxy groups -OCH3 is 2. The Labute approximate surface area is 256 Å². The first-order chi connectivity index (χ1) is 20.0. The van der Waals surface area contributed by atoms with Gasteiger partial charge in [0.1, 0.15) is 12.2 Å². The van der Waals surface area contributed by atoms with Gasteiger partial charge in [-0.2, -0.15) is 0 Å². The largest absolute Gasteiger partial charge is 0.496 e. The molecule has 0 radical (unpaired) electrons. The van der Waals surface area contributed by atoms with Crippen LogP contribution in [-0.4, -0.2) is 90.5 Å². The van der Waals surface area contributed by atoms with Crippen molar-refractivity contribution in [3.8, 4) is 0 Å². The van der Waals surface area contributed by atoms with E-state index < -0.39 is 0 Å². The third-order valence-corrected chi connectivity index (χ3v) is 5.99. The Morgan fingerprint density at radius 3 is 1.19 bits per heavy atom. The van der Waals surface area contributed by atoms with Crippen LogP contribution in [0.3, 0.4) is 0 Å². The molecular formula is C34H60O8. The summed E-state index contributed by atoms with van der Waals surface area (Å²) >= 11 is 0. The van der Waals surface area contributed by atoms with E-state index >= 15 is 0 Å². The number of ether oxygens (including phenoxy) is 8. The zero-order chi connectivity index (χ0) is 31.9. The lowest BCUT2D eigenvalue weighted by Gasteiger charge is -2.19. The second kappa shape index (κ2) is 24.5. The van der Waals surface area contributed by atoms with Crippen LogP contribution < -0.4 is 0 Å². The second-order valence-corrected chi connectivity index (χ2v) is 10.6. The minimum absolute atomic E-state index is 0.0225. The van der Waals surface area contributed by atoms with Crippen LogP contribution in [0.4, 0.5) is 0 Å². The summed E-state index contributed by atoms with van der Waals surface area (Å²) in [6, 6.07) is 8.31. The van der Waals surface area contributed by atoms with E-state index in [0.29, 0.717) is 39.6 Å². The molecule has 42 heavy (non-hydrogen) atoms. The summed E-state index contributed by atoms with van der Waals surface area (Å²) in [7, 11) is 3.34. The van der Waals surface area contributed by atoms with Crippen molar-refractivity contribution in [1.82, 2.24) is 0 Å². The van der Waals surface area contributed by atoms with Gasteiger partial charge in [-0.05, 0) is 83.7 Å². The van der Waals surface area contributed by atoms with Gasteiger partial charge in [0.05, 0.1) is 76.6 Å². The Morgan fingerprint density at radius 2 is 0.857 bits per heavy atom. The molecule has 0 heterocycles. The van der Waals surface area contributed by atoms with Gasteiger partial charge in [0.15, 0.2) is 0 Å². The molecule has 0 spiro atoms. The fourth-order valence-corrected chi connectivity index (χ4v) is 3.52. The van der Waals surface area contributed by atoms with Crippen LogP contribution in [0.15, 0.2) is 36.8 Å². The SMILES string of the molecule is CC.COCC(C)OCC(C)OCC(C)O/C=C(\C)c1cccc(/C(C)=C/OC(C)COC(C)COC(C)COC)c1. The van der Waals surface area contributed by atoms with Crippen LogP contribution in [0.5, 0.6) is 0 Å². The smallest absolute Gasteiger partial charge is 0.118 e. The maximum Gasteiger partial charge on any atom is 0.118 e. The molecular weight excluding hydrogens is 536 g/mol. The summed E-state index contributed by atoms with van der Waals surface area (Å²) < 4.78 is 45.2. The minimum Gasteiger partial charge on any atom is -0.496 e. The third kappa shape index (κ3) is 19.3. The molecule has 1 aromatic rings.